The van der Waals surface area contributed by atoms with Gasteiger partial charge in [0.2, 0.25) is 5.91 Å². The summed E-state index contributed by atoms with van der Waals surface area (Å²) in [6, 6.07) is 0. The lowest BCUT2D eigenvalue weighted by atomic mass is 10.1. The van der Waals surface area contributed by atoms with Gasteiger partial charge in [-0.2, -0.15) is 0 Å². The fourth-order valence-electron chi connectivity index (χ4n) is 2.12. The number of carbonyl (C=O) groups excluding carboxylic acids is 1. The van der Waals surface area contributed by atoms with Crippen LogP contribution in [-0.4, -0.2) is 63.9 Å². The lowest BCUT2D eigenvalue weighted by molar-refractivity contribution is -0.125. The second kappa shape index (κ2) is 15.7. The van der Waals surface area contributed by atoms with Crippen molar-refractivity contribution < 1.29 is 14.3 Å². The van der Waals surface area contributed by atoms with Crippen LogP contribution in [0.15, 0.2) is 0 Å². The van der Waals surface area contributed by atoms with Crippen LogP contribution < -0.4 is 5.32 Å². The van der Waals surface area contributed by atoms with Crippen LogP contribution in [0.3, 0.4) is 0 Å². The number of rotatable bonds is 10. The molecule has 1 heterocycles. The average Bonchev–Trinajstić information content (AvgIpc) is 2.56. The van der Waals surface area contributed by atoms with Gasteiger partial charge in [0.15, 0.2) is 0 Å². The van der Waals surface area contributed by atoms with Crippen LogP contribution in [0.2, 0.25) is 0 Å². The quantitative estimate of drug-likeness (QED) is 0.628. The van der Waals surface area contributed by atoms with Gasteiger partial charge >= 0.3 is 0 Å². The summed E-state index contributed by atoms with van der Waals surface area (Å²) in [4.78, 5) is 13.4. The molecule has 5 nitrogen and oxygen atoms in total. The SMILES string of the molecule is CC.CNC(=O)COCCCCOCCN1CCCCC1. The van der Waals surface area contributed by atoms with Gasteiger partial charge in [0.25, 0.3) is 0 Å². The molecule has 0 aromatic heterocycles. The third-order valence-electron chi connectivity index (χ3n) is 3.34. The Morgan fingerprint density at radius 2 is 1.62 bits per heavy atom. The minimum Gasteiger partial charge on any atom is -0.380 e. The third kappa shape index (κ3) is 12.8. The van der Waals surface area contributed by atoms with Crippen LogP contribution in [0.25, 0.3) is 0 Å². The summed E-state index contributed by atoms with van der Waals surface area (Å²) in [5.74, 6) is -0.0715. The minimum atomic E-state index is -0.0715. The number of nitrogens with one attached hydrogen (secondary N) is 1. The van der Waals surface area contributed by atoms with Gasteiger partial charge in [-0.15, -0.1) is 0 Å². The van der Waals surface area contributed by atoms with Gasteiger partial charge in [-0.05, 0) is 38.8 Å². The van der Waals surface area contributed by atoms with Crippen molar-refractivity contribution in [1.29, 1.82) is 0 Å². The van der Waals surface area contributed by atoms with Crippen molar-refractivity contribution in [3.05, 3.63) is 0 Å². The molecule has 1 saturated heterocycles. The van der Waals surface area contributed by atoms with E-state index in [9.17, 15) is 4.79 Å². The van der Waals surface area contributed by atoms with Crippen molar-refractivity contribution in [3.63, 3.8) is 0 Å². The molecule has 1 rings (SSSR count). The predicted octanol–water partition coefficient (Wildman–Crippen LogP) is 2.06. The highest BCUT2D eigenvalue weighted by Crippen LogP contribution is 2.07. The first-order valence-corrected chi connectivity index (χ1v) is 8.41. The molecule has 21 heavy (non-hydrogen) atoms. The summed E-state index contributed by atoms with van der Waals surface area (Å²) in [5, 5.41) is 2.52. The molecule has 126 valence electrons. The topological polar surface area (TPSA) is 50.8 Å². The Bertz CT molecular complexity index is 232. The maximum absolute atomic E-state index is 10.9. The molecule has 0 bridgehead atoms. The van der Waals surface area contributed by atoms with E-state index in [4.69, 9.17) is 9.47 Å². The molecule has 1 N–H and O–H groups in total. The zero-order chi connectivity index (χ0) is 15.8. The summed E-state index contributed by atoms with van der Waals surface area (Å²) in [6.07, 6.45) is 5.99. The lowest BCUT2D eigenvalue weighted by Crippen LogP contribution is -2.32. The molecule has 0 unspecified atom stereocenters. The number of likely N-dealkylation sites (N-methyl/N-ethyl adjacent to an activating group) is 1. The highest BCUT2D eigenvalue weighted by molar-refractivity contribution is 5.76. The fourth-order valence-corrected chi connectivity index (χ4v) is 2.12. The van der Waals surface area contributed by atoms with Crippen LogP contribution in [-0.2, 0) is 14.3 Å². The molecule has 0 saturated carbocycles. The van der Waals surface area contributed by atoms with E-state index in [0.717, 1.165) is 32.6 Å². The average molecular weight is 302 g/mol. The van der Waals surface area contributed by atoms with Gasteiger partial charge in [0.1, 0.15) is 6.61 Å². The number of hydrogen-bond acceptors (Lipinski definition) is 4. The molecule has 0 atom stereocenters. The number of amides is 1. The standard InChI is InChI=1S/C14H28N2O3.C2H6/c1-15-14(17)13-19-11-6-5-10-18-12-9-16-7-3-2-4-8-16;1-2/h2-13H2,1H3,(H,15,17);1-2H3. The molecule has 0 aliphatic carbocycles. The zero-order valence-corrected chi connectivity index (χ0v) is 14.2. The number of piperidine rings is 1. The zero-order valence-electron chi connectivity index (χ0n) is 14.2. The molecule has 0 aromatic rings. The monoisotopic (exact) mass is 302 g/mol. The van der Waals surface area contributed by atoms with E-state index in [-0.39, 0.29) is 12.5 Å². The van der Waals surface area contributed by atoms with Gasteiger partial charge in [-0.1, -0.05) is 20.3 Å². The van der Waals surface area contributed by atoms with Gasteiger partial charge in [-0.25, -0.2) is 0 Å². The van der Waals surface area contributed by atoms with E-state index in [1.54, 1.807) is 7.05 Å². The first kappa shape index (κ1) is 20.3. The summed E-state index contributed by atoms with van der Waals surface area (Å²) in [7, 11) is 1.61. The molecule has 1 fully saturated rings. The van der Waals surface area contributed by atoms with Crippen molar-refractivity contribution in [2.45, 2.75) is 46.0 Å². The molecule has 1 aliphatic rings. The van der Waals surface area contributed by atoms with Crippen LogP contribution in [0, 0.1) is 0 Å². The number of carbonyl (C=O) groups is 1. The van der Waals surface area contributed by atoms with Crippen molar-refractivity contribution in [1.82, 2.24) is 10.2 Å². The first-order chi connectivity index (χ1) is 10.3. The van der Waals surface area contributed by atoms with Crippen molar-refractivity contribution in [3.8, 4) is 0 Å². The van der Waals surface area contributed by atoms with Gasteiger partial charge in [0.05, 0.1) is 6.61 Å². The number of hydrogen-bond donors (Lipinski definition) is 1. The summed E-state index contributed by atoms with van der Waals surface area (Å²) < 4.78 is 10.8. The fraction of sp³-hybridized carbons (Fsp3) is 0.938. The Labute approximate surface area is 130 Å². The van der Waals surface area contributed by atoms with Crippen LogP contribution in [0.1, 0.15) is 46.0 Å². The van der Waals surface area contributed by atoms with E-state index in [1.165, 1.54) is 32.4 Å². The Morgan fingerprint density at radius 3 is 2.24 bits per heavy atom. The molecule has 0 aromatic carbocycles. The maximum Gasteiger partial charge on any atom is 0.245 e. The lowest BCUT2D eigenvalue weighted by Gasteiger charge is -2.26. The molecular weight excluding hydrogens is 268 g/mol. The minimum absolute atomic E-state index is 0.0715. The van der Waals surface area contributed by atoms with Crippen molar-refractivity contribution in [2.75, 3.05) is 53.1 Å². The van der Waals surface area contributed by atoms with Gasteiger partial charge in [0, 0.05) is 26.8 Å². The highest BCUT2D eigenvalue weighted by Gasteiger charge is 2.08. The Hall–Kier alpha value is -0.650. The van der Waals surface area contributed by atoms with Gasteiger partial charge in [-0.3, -0.25) is 4.79 Å². The summed E-state index contributed by atoms with van der Waals surface area (Å²) >= 11 is 0. The van der Waals surface area contributed by atoms with Crippen LogP contribution in [0.4, 0.5) is 0 Å². The maximum atomic E-state index is 10.9. The number of ether oxygens (including phenoxy) is 2. The van der Waals surface area contributed by atoms with E-state index in [0.29, 0.717) is 6.61 Å². The number of unbranched alkanes of at least 4 members (excludes halogenated alkanes) is 1. The molecule has 1 amide bonds. The number of likely N-dealkylation sites (tertiary alicyclic amines) is 1. The normalized spacial score (nSPS) is 15.2. The predicted molar refractivity (Wildman–Crippen MR) is 86.6 cm³/mol. The molecule has 0 spiro atoms. The second-order valence-corrected chi connectivity index (χ2v) is 4.95. The Balaban J connectivity index is 0.00000191. The van der Waals surface area contributed by atoms with Crippen molar-refractivity contribution >= 4 is 5.91 Å². The van der Waals surface area contributed by atoms with Gasteiger partial charge < -0.3 is 19.7 Å². The van der Waals surface area contributed by atoms with Crippen LogP contribution in [0.5, 0.6) is 0 Å². The molecule has 5 heteroatoms. The Morgan fingerprint density at radius 1 is 1.00 bits per heavy atom. The summed E-state index contributed by atoms with van der Waals surface area (Å²) in [5.41, 5.74) is 0. The third-order valence-corrected chi connectivity index (χ3v) is 3.34. The summed E-state index contributed by atoms with van der Waals surface area (Å²) in [6.45, 7) is 9.94. The second-order valence-electron chi connectivity index (χ2n) is 4.95. The molecular formula is C16H34N2O3. The molecule has 0 radical (unpaired) electrons. The first-order valence-electron chi connectivity index (χ1n) is 8.41. The Kier molecular flexibility index (Phi) is 15.2. The van der Waals surface area contributed by atoms with E-state index < -0.39 is 0 Å². The van der Waals surface area contributed by atoms with E-state index >= 15 is 0 Å². The smallest absolute Gasteiger partial charge is 0.245 e. The number of nitrogens with zero attached hydrogens (tertiary/aromatic N) is 1. The van der Waals surface area contributed by atoms with Crippen LogP contribution >= 0.6 is 0 Å². The molecule has 1 aliphatic heterocycles. The van der Waals surface area contributed by atoms with E-state index in [1.807, 2.05) is 13.8 Å². The largest absolute Gasteiger partial charge is 0.380 e. The van der Waals surface area contributed by atoms with E-state index in [2.05, 4.69) is 10.2 Å². The highest BCUT2D eigenvalue weighted by atomic mass is 16.5. The van der Waals surface area contributed by atoms with Crippen molar-refractivity contribution in [2.24, 2.45) is 0 Å².